The molecule has 1 atom stereocenters. The Balaban J connectivity index is 3.03. The molecule has 0 aromatic heterocycles. The highest BCUT2D eigenvalue weighted by atomic mass is 16.3. The first-order valence-corrected chi connectivity index (χ1v) is 4.03. The van der Waals surface area contributed by atoms with Gasteiger partial charge in [0.15, 0.2) is 0 Å². The number of rotatable bonds is 3. The van der Waals surface area contributed by atoms with Crippen molar-refractivity contribution in [2.75, 3.05) is 6.61 Å². The lowest BCUT2D eigenvalue weighted by atomic mass is 9.84. The zero-order chi connectivity index (χ0) is 9.03. The molecule has 0 fully saturated rings. The molecule has 0 aliphatic heterocycles. The zero-order valence-electron chi connectivity index (χ0n) is 7.33. The second-order valence-corrected chi connectivity index (χ2v) is 3.15. The molecule has 0 heterocycles. The Labute approximate surface area is 73.4 Å². The number of hydrogen-bond donors (Lipinski definition) is 1. The fourth-order valence-electron chi connectivity index (χ4n) is 1.09. The first kappa shape index (κ1) is 9.01. The van der Waals surface area contributed by atoms with E-state index in [0.29, 0.717) is 0 Å². The maximum absolute atomic E-state index is 9.17. The van der Waals surface area contributed by atoms with Crippen molar-refractivity contribution < 1.29 is 5.11 Å². The van der Waals surface area contributed by atoms with E-state index < -0.39 is 0 Å². The normalized spacial score (nSPS) is 15.2. The van der Waals surface area contributed by atoms with E-state index in [2.05, 4.69) is 6.58 Å². The van der Waals surface area contributed by atoms with Crippen LogP contribution in [-0.2, 0) is 5.41 Å². The molecule has 1 aromatic rings. The molecule has 0 amide bonds. The van der Waals surface area contributed by atoms with Crippen LogP contribution in [0.4, 0.5) is 0 Å². The summed E-state index contributed by atoms with van der Waals surface area (Å²) in [5, 5.41) is 9.17. The fraction of sp³-hybridized carbons (Fsp3) is 0.273. The summed E-state index contributed by atoms with van der Waals surface area (Å²) >= 11 is 0. The first-order valence-electron chi connectivity index (χ1n) is 4.03. The number of aliphatic hydroxyl groups excluding tert-OH is 1. The minimum absolute atomic E-state index is 0.0977. The van der Waals surface area contributed by atoms with Crippen LogP contribution in [0.1, 0.15) is 12.5 Å². The Morgan fingerprint density at radius 3 is 2.42 bits per heavy atom. The summed E-state index contributed by atoms with van der Waals surface area (Å²) < 4.78 is 0. The molecule has 1 N–H and O–H groups in total. The van der Waals surface area contributed by atoms with E-state index in [1.807, 2.05) is 37.3 Å². The van der Waals surface area contributed by atoms with Crippen LogP contribution in [0.5, 0.6) is 0 Å². The van der Waals surface area contributed by atoms with E-state index in [1.54, 1.807) is 6.08 Å². The Kier molecular flexibility index (Phi) is 2.66. The van der Waals surface area contributed by atoms with E-state index in [9.17, 15) is 0 Å². The van der Waals surface area contributed by atoms with Crippen molar-refractivity contribution >= 4 is 0 Å². The number of aliphatic hydroxyl groups is 1. The first-order chi connectivity index (χ1) is 5.73. The SMILES string of the molecule is C=CC(C)(CO)c1ccccc1. The maximum Gasteiger partial charge on any atom is 0.0559 e. The van der Waals surface area contributed by atoms with Gasteiger partial charge in [-0.3, -0.25) is 0 Å². The highest BCUT2D eigenvalue weighted by Crippen LogP contribution is 2.23. The smallest absolute Gasteiger partial charge is 0.0559 e. The van der Waals surface area contributed by atoms with Crippen LogP contribution in [0.25, 0.3) is 0 Å². The van der Waals surface area contributed by atoms with E-state index >= 15 is 0 Å². The molecule has 0 bridgehead atoms. The second kappa shape index (κ2) is 3.55. The van der Waals surface area contributed by atoms with Gasteiger partial charge in [-0.2, -0.15) is 0 Å². The molecule has 0 saturated heterocycles. The molecule has 1 unspecified atom stereocenters. The molecule has 12 heavy (non-hydrogen) atoms. The molecular weight excluding hydrogens is 148 g/mol. The van der Waals surface area contributed by atoms with Gasteiger partial charge in [-0.05, 0) is 12.5 Å². The summed E-state index contributed by atoms with van der Waals surface area (Å²) in [7, 11) is 0. The average Bonchev–Trinajstić information content (AvgIpc) is 2.18. The number of hydrogen-bond acceptors (Lipinski definition) is 1. The summed E-state index contributed by atoms with van der Waals surface area (Å²) in [6.07, 6.45) is 1.78. The molecule has 0 aliphatic rings. The Morgan fingerprint density at radius 2 is 2.00 bits per heavy atom. The Bertz CT molecular complexity index is 253. The standard InChI is InChI=1S/C11H14O/c1-3-11(2,9-12)10-7-5-4-6-8-10/h3-8,12H,1,9H2,2H3. The van der Waals surface area contributed by atoms with Gasteiger partial charge in [-0.15, -0.1) is 6.58 Å². The lowest BCUT2D eigenvalue weighted by Crippen LogP contribution is -2.23. The van der Waals surface area contributed by atoms with Crippen LogP contribution < -0.4 is 0 Å². The quantitative estimate of drug-likeness (QED) is 0.675. The molecule has 1 nitrogen and oxygen atoms in total. The van der Waals surface area contributed by atoms with Gasteiger partial charge < -0.3 is 5.11 Å². The third kappa shape index (κ3) is 1.56. The summed E-state index contributed by atoms with van der Waals surface area (Å²) in [5.41, 5.74) is 0.795. The van der Waals surface area contributed by atoms with Crippen molar-refractivity contribution in [2.45, 2.75) is 12.3 Å². The van der Waals surface area contributed by atoms with Crippen LogP contribution in [0.15, 0.2) is 43.0 Å². The van der Waals surface area contributed by atoms with Gasteiger partial charge in [-0.1, -0.05) is 36.4 Å². The van der Waals surface area contributed by atoms with Crippen molar-refractivity contribution in [2.24, 2.45) is 0 Å². The molecule has 1 heteroatoms. The highest BCUT2D eigenvalue weighted by Gasteiger charge is 2.20. The molecule has 0 spiro atoms. The van der Waals surface area contributed by atoms with Gasteiger partial charge in [0.05, 0.1) is 6.61 Å². The number of benzene rings is 1. The third-order valence-corrected chi connectivity index (χ3v) is 2.21. The van der Waals surface area contributed by atoms with Gasteiger partial charge in [0.1, 0.15) is 0 Å². The Hall–Kier alpha value is -1.08. The van der Waals surface area contributed by atoms with E-state index in [1.165, 1.54) is 0 Å². The predicted octanol–water partition coefficient (Wildman–Crippen LogP) is 2.12. The van der Waals surface area contributed by atoms with Crippen LogP contribution in [0.3, 0.4) is 0 Å². The lowest BCUT2D eigenvalue weighted by Gasteiger charge is -2.23. The monoisotopic (exact) mass is 162 g/mol. The minimum Gasteiger partial charge on any atom is -0.395 e. The largest absolute Gasteiger partial charge is 0.395 e. The Morgan fingerprint density at radius 1 is 1.42 bits per heavy atom. The summed E-state index contributed by atoms with van der Waals surface area (Å²) in [4.78, 5) is 0. The molecule has 1 rings (SSSR count). The lowest BCUT2D eigenvalue weighted by molar-refractivity contribution is 0.236. The van der Waals surface area contributed by atoms with E-state index in [4.69, 9.17) is 5.11 Å². The molecule has 1 aromatic carbocycles. The zero-order valence-corrected chi connectivity index (χ0v) is 7.33. The van der Waals surface area contributed by atoms with Crippen LogP contribution in [0.2, 0.25) is 0 Å². The molecule has 0 saturated carbocycles. The fourth-order valence-corrected chi connectivity index (χ4v) is 1.09. The summed E-state index contributed by atoms with van der Waals surface area (Å²) in [6.45, 7) is 5.79. The molecular formula is C11H14O. The molecule has 0 aliphatic carbocycles. The summed E-state index contributed by atoms with van der Waals surface area (Å²) in [6, 6.07) is 9.89. The second-order valence-electron chi connectivity index (χ2n) is 3.15. The predicted molar refractivity (Wildman–Crippen MR) is 51.1 cm³/mol. The van der Waals surface area contributed by atoms with Crippen molar-refractivity contribution in [3.63, 3.8) is 0 Å². The average molecular weight is 162 g/mol. The van der Waals surface area contributed by atoms with Crippen LogP contribution in [-0.4, -0.2) is 11.7 Å². The maximum atomic E-state index is 9.17. The molecule has 0 radical (unpaired) electrons. The van der Waals surface area contributed by atoms with E-state index in [-0.39, 0.29) is 12.0 Å². The van der Waals surface area contributed by atoms with Gasteiger partial charge >= 0.3 is 0 Å². The van der Waals surface area contributed by atoms with Crippen molar-refractivity contribution in [3.8, 4) is 0 Å². The summed E-state index contributed by atoms with van der Waals surface area (Å²) in [5.74, 6) is 0. The van der Waals surface area contributed by atoms with Gasteiger partial charge in [0.2, 0.25) is 0 Å². The molecule has 64 valence electrons. The van der Waals surface area contributed by atoms with Crippen molar-refractivity contribution in [3.05, 3.63) is 48.6 Å². The van der Waals surface area contributed by atoms with E-state index in [0.717, 1.165) is 5.56 Å². The minimum atomic E-state index is -0.304. The topological polar surface area (TPSA) is 20.2 Å². The van der Waals surface area contributed by atoms with Gasteiger partial charge in [-0.25, -0.2) is 0 Å². The third-order valence-electron chi connectivity index (χ3n) is 2.21. The van der Waals surface area contributed by atoms with Gasteiger partial charge in [0.25, 0.3) is 0 Å². The van der Waals surface area contributed by atoms with Crippen LogP contribution >= 0.6 is 0 Å². The van der Waals surface area contributed by atoms with Gasteiger partial charge in [0, 0.05) is 5.41 Å². The van der Waals surface area contributed by atoms with Crippen molar-refractivity contribution in [1.29, 1.82) is 0 Å². The van der Waals surface area contributed by atoms with Crippen LogP contribution in [0, 0.1) is 0 Å². The van der Waals surface area contributed by atoms with Crippen molar-refractivity contribution in [1.82, 2.24) is 0 Å². The highest BCUT2D eigenvalue weighted by molar-refractivity contribution is 5.28.